The van der Waals surface area contributed by atoms with Crippen LogP contribution >= 0.6 is 0 Å². The standard InChI is InChI=1S/C38H48N10O11/c1-19(2)29(45-25(49)13-15-48-27(51)10-11-28(48)52)36(56)42-20(3)35(55)43-23-8-6-22(7-9-23)17-58-38(57)47(5)16-26(50)46-30-21(4)59-37(33(54)32(30)53)44-24-12-14-39-34-31(24)40-18-41-34/h6-12,14,18-21,29-30,32-33,37,53-54H,13,15-17H2,1-5H3,(H,42,56)(H,43,55)(H,45,49)(H,46,50)(H2,39,40,41,44)/t20-,21-,29?,30-,32+,33+,37-/m0/s1. The molecule has 1 unspecified atom stereocenters. The number of fused-ring (bicyclic) bond motifs is 1. The molecule has 1 saturated heterocycles. The molecule has 21 nitrogen and oxygen atoms in total. The molecular formula is C38H48N10O11. The van der Waals surface area contributed by atoms with Gasteiger partial charge in [-0.05, 0) is 43.5 Å². The van der Waals surface area contributed by atoms with Crippen molar-refractivity contribution >= 4 is 64.1 Å². The predicted octanol–water partition coefficient (Wildman–Crippen LogP) is -0.511. The summed E-state index contributed by atoms with van der Waals surface area (Å²) in [6.45, 7) is 5.80. The molecule has 316 valence electrons. The number of likely N-dealkylation sites (N-methyl/N-ethyl adjacent to an activating group) is 1. The lowest BCUT2D eigenvalue weighted by atomic mass is 9.96. The van der Waals surface area contributed by atoms with Crippen LogP contribution in [0.15, 0.2) is 55.0 Å². The number of benzene rings is 1. The van der Waals surface area contributed by atoms with Crippen LogP contribution in [0.4, 0.5) is 16.2 Å². The first kappa shape index (κ1) is 43.7. The number of aromatic nitrogens is 3. The quantitative estimate of drug-likeness (QED) is 0.0846. The van der Waals surface area contributed by atoms with E-state index >= 15 is 0 Å². The van der Waals surface area contributed by atoms with E-state index in [4.69, 9.17) is 9.47 Å². The van der Waals surface area contributed by atoms with Crippen molar-refractivity contribution in [2.75, 3.05) is 30.8 Å². The van der Waals surface area contributed by atoms with E-state index < -0.39 is 90.7 Å². The summed E-state index contributed by atoms with van der Waals surface area (Å²) in [6, 6.07) is 5.02. The Morgan fingerprint density at radius 1 is 0.949 bits per heavy atom. The first-order chi connectivity index (χ1) is 28.0. The molecule has 2 aliphatic heterocycles. The first-order valence-electron chi connectivity index (χ1n) is 18.8. The number of nitrogens with one attached hydrogen (secondary N) is 6. The van der Waals surface area contributed by atoms with Crippen LogP contribution in [0.2, 0.25) is 0 Å². The topological polar surface area (TPSA) is 287 Å². The highest BCUT2D eigenvalue weighted by molar-refractivity contribution is 6.13. The van der Waals surface area contributed by atoms with Crippen LogP contribution in [0.1, 0.15) is 39.7 Å². The fraction of sp³-hybridized carbons (Fsp3) is 0.447. The minimum Gasteiger partial charge on any atom is -0.445 e. The number of anilines is 2. The summed E-state index contributed by atoms with van der Waals surface area (Å²) in [5.74, 6) is -3.70. The maximum atomic E-state index is 13.0. The van der Waals surface area contributed by atoms with Crippen molar-refractivity contribution in [3.05, 3.63) is 60.6 Å². The Balaban J connectivity index is 1.02. The van der Waals surface area contributed by atoms with Gasteiger partial charge < -0.3 is 56.2 Å². The number of aromatic amines is 1. The zero-order valence-electron chi connectivity index (χ0n) is 33.0. The van der Waals surface area contributed by atoms with Crippen molar-refractivity contribution in [3.63, 3.8) is 0 Å². The number of pyridine rings is 1. The third-order valence-corrected chi connectivity index (χ3v) is 9.60. The van der Waals surface area contributed by atoms with Gasteiger partial charge in [0.05, 0.1) is 24.2 Å². The Labute approximate surface area is 338 Å². The molecule has 5 rings (SSSR count). The second-order valence-electron chi connectivity index (χ2n) is 14.5. The highest BCUT2D eigenvalue weighted by atomic mass is 16.6. The maximum Gasteiger partial charge on any atom is 0.410 e. The average Bonchev–Trinajstić information content (AvgIpc) is 3.81. The molecule has 7 amide bonds. The number of hydrogen-bond donors (Lipinski definition) is 8. The Morgan fingerprint density at radius 2 is 1.64 bits per heavy atom. The highest BCUT2D eigenvalue weighted by Crippen LogP contribution is 2.25. The van der Waals surface area contributed by atoms with Crippen molar-refractivity contribution in [2.45, 2.75) is 83.4 Å². The molecule has 7 atom stereocenters. The predicted molar refractivity (Wildman–Crippen MR) is 209 cm³/mol. The number of ether oxygens (including phenoxy) is 2. The summed E-state index contributed by atoms with van der Waals surface area (Å²) < 4.78 is 11.2. The van der Waals surface area contributed by atoms with E-state index in [0.29, 0.717) is 28.1 Å². The zero-order chi connectivity index (χ0) is 43.0. The van der Waals surface area contributed by atoms with E-state index in [0.717, 1.165) is 22.0 Å². The van der Waals surface area contributed by atoms with E-state index in [9.17, 15) is 43.8 Å². The molecule has 0 bridgehead atoms. The molecule has 21 heteroatoms. The van der Waals surface area contributed by atoms with Crippen LogP contribution in [-0.4, -0.2) is 139 Å². The minimum absolute atomic E-state index is 0.139. The first-order valence-corrected chi connectivity index (χ1v) is 18.8. The summed E-state index contributed by atoms with van der Waals surface area (Å²) in [6.07, 6.45) is -0.387. The van der Waals surface area contributed by atoms with E-state index in [-0.39, 0.29) is 25.5 Å². The van der Waals surface area contributed by atoms with Crippen molar-refractivity contribution in [1.29, 1.82) is 0 Å². The lowest BCUT2D eigenvalue weighted by Crippen LogP contribution is -2.64. The second kappa shape index (κ2) is 19.3. The summed E-state index contributed by atoms with van der Waals surface area (Å²) in [7, 11) is 1.36. The number of imidazole rings is 1. The number of aliphatic hydroxyl groups excluding tert-OH is 2. The van der Waals surface area contributed by atoms with Crippen LogP contribution in [0.25, 0.3) is 11.2 Å². The summed E-state index contributed by atoms with van der Waals surface area (Å²) >= 11 is 0. The highest BCUT2D eigenvalue weighted by Gasteiger charge is 2.43. The average molecular weight is 821 g/mol. The lowest BCUT2D eigenvalue weighted by molar-refractivity contribution is -0.172. The summed E-state index contributed by atoms with van der Waals surface area (Å²) in [5.41, 5.74) is 2.53. The van der Waals surface area contributed by atoms with Gasteiger partial charge in [-0.25, -0.2) is 14.8 Å². The minimum atomic E-state index is -1.43. The van der Waals surface area contributed by atoms with Gasteiger partial charge in [0.15, 0.2) is 11.9 Å². The Bertz CT molecular complexity index is 2060. The van der Waals surface area contributed by atoms with E-state index in [1.165, 1.54) is 26.5 Å². The maximum absolute atomic E-state index is 13.0. The van der Waals surface area contributed by atoms with Crippen LogP contribution in [-0.2, 0) is 44.8 Å². The number of rotatable bonds is 16. The van der Waals surface area contributed by atoms with Crippen LogP contribution in [0.5, 0.6) is 0 Å². The third kappa shape index (κ3) is 11.1. The van der Waals surface area contributed by atoms with Gasteiger partial charge in [0.25, 0.3) is 11.8 Å². The molecule has 0 radical (unpaired) electrons. The van der Waals surface area contributed by atoms with Crippen LogP contribution < -0.4 is 26.6 Å². The van der Waals surface area contributed by atoms with Gasteiger partial charge in [-0.15, -0.1) is 0 Å². The van der Waals surface area contributed by atoms with E-state index in [1.807, 2.05) is 0 Å². The van der Waals surface area contributed by atoms with Gasteiger partial charge in [-0.3, -0.25) is 33.7 Å². The van der Waals surface area contributed by atoms with E-state index in [1.54, 1.807) is 51.1 Å². The largest absolute Gasteiger partial charge is 0.445 e. The van der Waals surface area contributed by atoms with Gasteiger partial charge >= 0.3 is 6.09 Å². The fourth-order valence-electron chi connectivity index (χ4n) is 6.23. The molecule has 4 heterocycles. The van der Waals surface area contributed by atoms with Crippen molar-refractivity contribution in [1.82, 2.24) is 40.7 Å². The molecule has 8 N–H and O–H groups in total. The summed E-state index contributed by atoms with van der Waals surface area (Å²) in [5, 5.41) is 35.2. The molecular weight excluding hydrogens is 772 g/mol. The van der Waals surface area contributed by atoms with Gasteiger partial charge in [-0.2, -0.15) is 0 Å². The summed E-state index contributed by atoms with van der Waals surface area (Å²) in [4.78, 5) is 101. The number of nitrogens with zero attached hydrogens (tertiary/aromatic N) is 4. The number of hydrogen-bond acceptors (Lipinski definition) is 14. The van der Waals surface area contributed by atoms with Crippen LogP contribution in [0.3, 0.4) is 0 Å². The molecule has 2 aliphatic rings. The molecule has 0 saturated carbocycles. The molecule has 2 aromatic heterocycles. The molecule has 0 spiro atoms. The van der Waals surface area contributed by atoms with Crippen molar-refractivity contribution in [3.8, 4) is 0 Å². The SMILES string of the molecule is CC(C)C(NC(=O)CCN1C(=O)C=CC1=O)C(=O)N[C@@H](C)C(=O)Nc1ccc(COC(=O)N(C)CC(=O)N[C@@H]2[C@@H](O)[C@@H](O)[C@@H](Nc3ccnc4nc[nH]c34)O[C@H]2C)cc1. The lowest BCUT2D eigenvalue weighted by Gasteiger charge is -2.42. The normalized spacial score (nSPS) is 21.2. The Morgan fingerprint density at radius 3 is 2.32 bits per heavy atom. The number of H-pyrrole nitrogens is 1. The van der Waals surface area contributed by atoms with Gasteiger partial charge in [0.2, 0.25) is 23.6 Å². The second-order valence-corrected chi connectivity index (χ2v) is 14.5. The molecule has 1 fully saturated rings. The molecule has 0 aliphatic carbocycles. The number of imide groups is 1. The smallest absolute Gasteiger partial charge is 0.410 e. The number of carbonyl (C=O) groups excluding carboxylic acids is 7. The number of aliphatic hydroxyl groups is 2. The Kier molecular flexibility index (Phi) is 14.3. The van der Waals surface area contributed by atoms with Crippen LogP contribution in [0, 0.1) is 5.92 Å². The third-order valence-electron chi connectivity index (χ3n) is 9.60. The zero-order valence-corrected chi connectivity index (χ0v) is 33.0. The van der Waals surface area contributed by atoms with Crippen molar-refractivity contribution < 1.29 is 53.2 Å². The number of amides is 7. The fourth-order valence-corrected chi connectivity index (χ4v) is 6.23. The molecule has 1 aromatic carbocycles. The molecule has 59 heavy (non-hydrogen) atoms. The van der Waals surface area contributed by atoms with E-state index in [2.05, 4.69) is 41.5 Å². The molecule has 3 aromatic rings. The monoisotopic (exact) mass is 820 g/mol. The van der Waals surface area contributed by atoms with Gasteiger partial charge in [0.1, 0.15) is 43.0 Å². The Hall–Kier alpha value is -6.45. The van der Waals surface area contributed by atoms with Crippen molar-refractivity contribution in [2.24, 2.45) is 5.92 Å². The van der Waals surface area contributed by atoms with Gasteiger partial charge in [0, 0.05) is 44.0 Å². The van der Waals surface area contributed by atoms with Gasteiger partial charge in [-0.1, -0.05) is 26.0 Å². The number of carbonyl (C=O) groups is 7.